The van der Waals surface area contributed by atoms with Gasteiger partial charge in [0, 0.05) is 7.05 Å². The van der Waals surface area contributed by atoms with Gasteiger partial charge in [-0.2, -0.15) is 5.10 Å². The molecule has 0 fully saturated rings. The Hall–Kier alpha value is -1.92. The molecule has 0 atom stereocenters. The maximum Gasteiger partial charge on any atom is 0.307 e. The maximum atomic E-state index is 10.8. The Kier molecular flexibility index (Phi) is 2.58. The number of amides is 1. The normalized spacial score (nSPS) is 9.62. The van der Waals surface area contributed by atoms with E-state index in [1.807, 2.05) is 0 Å². The van der Waals surface area contributed by atoms with Crippen LogP contribution in [0.2, 0.25) is 0 Å². The summed E-state index contributed by atoms with van der Waals surface area (Å²) in [7, 11) is 1.49. The molecule has 7 nitrogen and oxygen atoms in total. The van der Waals surface area contributed by atoms with Crippen LogP contribution in [-0.4, -0.2) is 27.7 Å². The van der Waals surface area contributed by atoms with Crippen LogP contribution >= 0.6 is 0 Å². The van der Waals surface area contributed by atoms with Gasteiger partial charge < -0.3 is 5.32 Å². The lowest BCUT2D eigenvalue weighted by Gasteiger charge is -1.97. The van der Waals surface area contributed by atoms with Gasteiger partial charge in [0.2, 0.25) is 5.91 Å². The third kappa shape index (κ3) is 2.26. The Balaban J connectivity index is 2.69. The summed E-state index contributed by atoms with van der Waals surface area (Å²) >= 11 is 0. The monoisotopic (exact) mass is 184 g/mol. The van der Waals surface area contributed by atoms with Gasteiger partial charge in [-0.3, -0.25) is 19.6 Å². The first-order valence-corrected chi connectivity index (χ1v) is 3.51. The summed E-state index contributed by atoms with van der Waals surface area (Å²) in [5.74, 6) is -0.252. The second kappa shape index (κ2) is 3.65. The molecule has 0 aliphatic heterocycles. The van der Waals surface area contributed by atoms with Crippen LogP contribution in [0.4, 0.5) is 5.69 Å². The van der Waals surface area contributed by atoms with Crippen LogP contribution in [0.1, 0.15) is 0 Å². The summed E-state index contributed by atoms with van der Waals surface area (Å²) in [5, 5.41) is 16.2. The highest BCUT2D eigenvalue weighted by Gasteiger charge is 2.09. The number of carbonyl (C=O) groups is 1. The second-order valence-electron chi connectivity index (χ2n) is 2.33. The van der Waals surface area contributed by atoms with Crippen molar-refractivity contribution in [3.63, 3.8) is 0 Å². The van der Waals surface area contributed by atoms with Crippen molar-refractivity contribution in [2.45, 2.75) is 6.54 Å². The first-order valence-electron chi connectivity index (χ1n) is 3.51. The van der Waals surface area contributed by atoms with Crippen molar-refractivity contribution in [2.24, 2.45) is 0 Å². The Morgan fingerprint density at radius 1 is 1.85 bits per heavy atom. The van der Waals surface area contributed by atoms with Gasteiger partial charge in [0.05, 0.1) is 4.92 Å². The molecule has 1 N–H and O–H groups in total. The Morgan fingerprint density at radius 3 is 3.00 bits per heavy atom. The highest BCUT2D eigenvalue weighted by Crippen LogP contribution is 2.06. The average Bonchev–Trinajstić information content (AvgIpc) is 2.52. The van der Waals surface area contributed by atoms with E-state index >= 15 is 0 Å². The third-order valence-electron chi connectivity index (χ3n) is 1.41. The molecule has 0 aliphatic carbocycles. The van der Waals surface area contributed by atoms with Gasteiger partial charge in [0.25, 0.3) is 0 Å². The standard InChI is InChI=1S/C6H8N4O3/c1-7-6(11)4-9-3-5(2-8-9)10(12)13/h2-3H,4H2,1H3,(H,7,11). The Labute approximate surface area is 73.5 Å². The number of aromatic nitrogens is 2. The van der Waals surface area contributed by atoms with Crippen molar-refractivity contribution in [2.75, 3.05) is 7.05 Å². The van der Waals surface area contributed by atoms with Crippen LogP contribution in [0.3, 0.4) is 0 Å². The molecule has 1 aromatic heterocycles. The molecule has 1 rings (SSSR count). The number of nitro groups is 1. The molecular weight excluding hydrogens is 176 g/mol. The molecule has 1 heterocycles. The highest BCUT2D eigenvalue weighted by atomic mass is 16.6. The van der Waals surface area contributed by atoms with Crippen molar-refractivity contribution < 1.29 is 9.72 Å². The molecular formula is C6H8N4O3. The molecule has 0 aliphatic rings. The summed E-state index contributed by atoms with van der Waals surface area (Å²) < 4.78 is 1.21. The molecule has 0 saturated carbocycles. The van der Waals surface area contributed by atoms with E-state index in [4.69, 9.17) is 0 Å². The van der Waals surface area contributed by atoms with Crippen LogP contribution in [-0.2, 0) is 11.3 Å². The lowest BCUT2D eigenvalue weighted by molar-refractivity contribution is -0.385. The van der Waals surface area contributed by atoms with E-state index in [0.717, 1.165) is 6.20 Å². The largest absolute Gasteiger partial charge is 0.358 e. The van der Waals surface area contributed by atoms with Gasteiger partial charge in [-0.25, -0.2) is 0 Å². The summed E-state index contributed by atoms with van der Waals surface area (Å²) in [6, 6.07) is 0. The minimum absolute atomic E-state index is 0.00958. The number of carbonyl (C=O) groups excluding carboxylic acids is 1. The van der Waals surface area contributed by atoms with Gasteiger partial charge >= 0.3 is 5.69 Å². The number of nitrogens with zero attached hydrogens (tertiary/aromatic N) is 3. The van der Waals surface area contributed by atoms with Crippen molar-refractivity contribution in [3.05, 3.63) is 22.5 Å². The van der Waals surface area contributed by atoms with Crippen molar-refractivity contribution in [3.8, 4) is 0 Å². The van der Waals surface area contributed by atoms with Crippen molar-refractivity contribution in [1.29, 1.82) is 0 Å². The smallest absolute Gasteiger partial charge is 0.307 e. The molecule has 13 heavy (non-hydrogen) atoms. The topological polar surface area (TPSA) is 90.1 Å². The third-order valence-corrected chi connectivity index (χ3v) is 1.41. The first kappa shape index (κ1) is 9.17. The van der Waals surface area contributed by atoms with Gasteiger partial charge in [0.1, 0.15) is 18.9 Å². The fourth-order valence-electron chi connectivity index (χ4n) is 0.760. The number of rotatable bonds is 3. The zero-order valence-electron chi connectivity index (χ0n) is 6.93. The molecule has 0 saturated heterocycles. The van der Waals surface area contributed by atoms with Gasteiger partial charge in [-0.1, -0.05) is 0 Å². The van der Waals surface area contributed by atoms with Gasteiger partial charge in [0.15, 0.2) is 0 Å². The zero-order chi connectivity index (χ0) is 9.84. The summed E-state index contributed by atoms with van der Waals surface area (Å²) in [6.45, 7) is -0.00958. The molecule has 1 amide bonds. The Bertz CT molecular complexity index is 332. The molecule has 0 aromatic carbocycles. The van der Waals surface area contributed by atoms with E-state index in [9.17, 15) is 14.9 Å². The molecule has 0 bridgehead atoms. The quantitative estimate of drug-likeness (QED) is 0.508. The maximum absolute atomic E-state index is 10.8. The minimum Gasteiger partial charge on any atom is -0.358 e. The van der Waals surface area contributed by atoms with E-state index in [-0.39, 0.29) is 18.1 Å². The lowest BCUT2D eigenvalue weighted by atomic mass is 10.5. The van der Waals surface area contributed by atoms with Gasteiger partial charge in [-0.15, -0.1) is 0 Å². The van der Waals surface area contributed by atoms with Crippen LogP contribution in [0.5, 0.6) is 0 Å². The van der Waals surface area contributed by atoms with Crippen LogP contribution in [0.25, 0.3) is 0 Å². The van der Waals surface area contributed by atoms with Crippen molar-refractivity contribution >= 4 is 11.6 Å². The van der Waals surface area contributed by atoms with E-state index in [1.165, 1.54) is 17.9 Å². The van der Waals surface area contributed by atoms with Crippen LogP contribution in [0, 0.1) is 10.1 Å². The van der Waals surface area contributed by atoms with Gasteiger partial charge in [-0.05, 0) is 0 Å². The molecule has 0 unspecified atom stereocenters. The van der Waals surface area contributed by atoms with E-state index in [1.54, 1.807) is 0 Å². The van der Waals surface area contributed by atoms with Crippen LogP contribution < -0.4 is 5.32 Å². The Morgan fingerprint density at radius 2 is 2.54 bits per heavy atom. The molecule has 0 spiro atoms. The zero-order valence-corrected chi connectivity index (χ0v) is 6.93. The molecule has 7 heteroatoms. The van der Waals surface area contributed by atoms with E-state index < -0.39 is 4.92 Å². The van der Waals surface area contributed by atoms with Crippen LogP contribution in [0.15, 0.2) is 12.4 Å². The average molecular weight is 184 g/mol. The first-order chi connectivity index (χ1) is 6.13. The fraction of sp³-hybridized carbons (Fsp3) is 0.333. The highest BCUT2D eigenvalue weighted by molar-refractivity contribution is 5.75. The predicted molar refractivity (Wildman–Crippen MR) is 42.9 cm³/mol. The summed E-state index contributed by atoms with van der Waals surface area (Å²) in [5.41, 5.74) is -0.121. The summed E-state index contributed by atoms with van der Waals surface area (Å²) in [4.78, 5) is 20.5. The predicted octanol–water partition coefficient (Wildman–Crippen LogP) is -0.463. The SMILES string of the molecule is CNC(=O)Cn1cc([N+](=O)[O-])cn1. The fourth-order valence-corrected chi connectivity index (χ4v) is 0.760. The molecule has 0 radical (unpaired) electrons. The number of likely N-dealkylation sites (N-methyl/N-ethyl adjacent to an activating group) is 1. The second-order valence-corrected chi connectivity index (χ2v) is 2.33. The number of nitrogens with one attached hydrogen (secondary N) is 1. The minimum atomic E-state index is -0.562. The molecule has 70 valence electrons. The number of hydrogen-bond acceptors (Lipinski definition) is 4. The van der Waals surface area contributed by atoms with E-state index in [2.05, 4.69) is 10.4 Å². The van der Waals surface area contributed by atoms with Crippen molar-refractivity contribution in [1.82, 2.24) is 15.1 Å². The number of hydrogen-bond donors (Lipinski definition) is 1. The molecule has 1 aromatic rings. The lowest BCUT2D eigenvalue weighted by Crippen LogP contribution is -2.23. The summed E-state index contributed by atoms with van der Waals surface area (Å²) in [6.07, 6.45) is 2.30. The van der Waals surface area contributed by atoms with E-state index in [0.29, 0.717) is 0 Å².